The van der Waals surface area contributed by atoms with Gasteiger partial charge in [0.25, 0.3) is 0 Å². The molecule has 0 bridgehead atoms. The van der Waals surface area contributed by atoms with Crippen molar-refractivity contribution >= 4 is 44.4 Å². The summed E-state index contributed by atoms with van der Waals surface area (Å²) in [5, 5.41) is 10.9. The number of rotatable bonds is 7. The average Bonchev–Trinajstić information content (AvgIpc) is 2.87. The summed E-state index contributed by atoms with van der Waals surface area (Å²) in [4.78, 5) is 14.7. The minimum absolute atomic E-state index is 0.496. The Bertz CT molecular complexity index is 638. The van der Waals surface area contributed by atoms with Gasteiger partial charge in [0.2, 0.25) is 0 Å². The highest BCUT2D eigenvalue weighted by molar-refractivity contribution is 9.10. The van der Waals surface area contributed by atoms with Crippen LogP contribution in [-0.4, -0.2) is 16.1 Å². The number of fused-ring (bicyclic) bond motifs is 1. The van der Waals surface area contributed by atoms with E-state index in [1.54, 1.807) is 0 Å². The maximum Gasteiger partial charge on any atom is 0.312 e. The van der Waals surface area contributed by atoms with E-state index in [2.05, 4.69) is 27.8 Å². The van der Waals surface area contributed by atoms with Crippen molar-refractivity contribution in [3.63, 3.8) is 0 Å². The average molecular weight is 373 g/mol. The van der Waals surface area contributed by atoms with Crippen molar-refractivity contribution in [1.29, 1.82) is 0 Å². The van der Waals surface area contributed by atoms with E-state index in [1.165, 1.54) is 0 Å². The Morgan fingerprint density at radius 3 is 2.81 bits per heavy atom. The number of H-pyrrole nitrogens is 1. The van der Waals surface area contributed by atoms with E-state index in [4.69, 9.17) is 11.6 Å². The number of benzene rings is 1. The second-order valence-corrected chi connectivity index (χ2v) is 6.52. The quantitative estimate of drug-likeness (QED) is 0.610. The van der Waals surface area contributed by atoms with Gasteiger partial charge in [0.1, 0.15) is 0 Å². The molecule has 5 heteroatoms. The first kappa shape index (κ1) is 16.4. The fourth-order valence-corrected chi connectivity index (χ4v) is 3.10. The summed E-state index contributed by atoms with van der Waals surface area (Å²) in [6.45, 7) is 2.15. The summed E-state index contributed by atoms with van der Waals surface area (Å²) in [5.41, 5.74) is 1.60. The van der Waals surface area contributed by atoms with Crippen molar-refractivity contribution in [2.45, 2.75) is 44.9 Å². The van der Waals surface area contributed by atoms with Gasteiger partial charge in [-0.2, -0.15) is 0 Å². The summed E-state index contributed by atoms with van der Waals surface area (Å²) in [7, 11) is 0. The van der Waals surface area contributed by atoms with Crippen LogP contribution in [0.4, 0.5) is 0 Å². The van der Waals surface area contributed by atoms with Gasteiger partial charge in [0.05, 0.1) is 10.9 Å². The first-order valence-corrected chi connectivity index (χ1v) is 8.41. The molecule has 0 aliphatic rings. The smallest absolute Gasteiger partial charge is 0.312 e. The van der Waals surface area contributed by atoms with Crippen LogP contribution < -0.4 is 0 Å². The molecule has 0 aliphatic heterocycles. The Hall–Kier alpha value is -1.00. The predicted octanol–water partition coefficient (Wildman–Crippen LogP) is 5.72. The van der Waals surface area contributed by atoms with E-state index in [9.17, 15) is 9.90 Å². The number of carboxylic acid groups (broad SMARTS) is 1. The number of carbonyl (C=O) groups is 1. The lowest BCUT2D eigenvalue weighted by Gasteiger charge is -2.10. The third-order valence-corrected chi connectivity index (χ3v) is 5.03. The molecule has 0 amide bonds. The van der Waals surface area contributed by atoms with E-state index in [0.717, 1.165) is 46.8 Å². The zero-order valence-electron chi connectivity index (χ0n) is 12.0. The van der Waals surface area contributed by atoms with Gasteiger partial charge in [-0.3, -0.25) is 4.79 Å². The summed E-state index contributed by atoms with van der Waals surface area (Å²) in [5.74, 6) is -1.28. The molecule has 1 heterocycles. The molecular weight excluding hydrogens is 354 g/mol. The standard InChI is InChI=1S/C16H19BrClNO2/c1-2-3-4-5-6-10(16(20)21)14-9-11-13(19-14)8-7-12(17)15(11)18/h7-10,19H,2-6H2,1H3,(H,20,21). The number of hydrogen-bond donors (Lipinski definition) is 2. The van der Waals surface area contributed by atoms with Crippen molar-refractivity contribution in [1.82, 2.24) is 4.98 Å². The molecule has 2 aromatic rings. The summed E-state index contributed by atoms with van der Waals surface area (Å²) in [6.07, 6.45) is 4.96. The Balaban J connectivity index is 2.24. The highest BCUT2D eigenvalue weighted by Gasteiger charge is 2.22. The van der Waals surface area contributed by atoms with E-state index in [-0.39, 0.29) is 0 Å². The molecule has 0 fully saturated rings. The van der Waals surface area contributed by atoms with Gasteiger partial charge in [0.15, 0.2) is 0 Å². The zero-order valence-corrected chi connectivity index (χ0v) is 14.3. The van der Waals surface area contributed by atoms with Crippen molar-refractivity contribution in [3.8, 4) is 0 Å². The van der Waals surface area contributed by atoms with Crippen LogP contribution in [-0.2, 0) is 4.79 Å². The summed E-state index contributed by atoms with van der Waals surface area (Å²) >= 11 is 9.64. The second-order valence-electron chi connectivity index (χ2n) is 5.29. The lowest BCUT2D eigenvalue weighted by Crippen LogP contribution is -2.12. The van der Waals surface area contributed by atoms with Crippen LogP contribution in [0.25, 0.3) is 10.9 Å². The Morgan fingerprint density at radius 1 is 1.38 bits per heavy atom. The largest absolute Gasteiger partial charge is 0.481 e. The molecule has 1 atom stereocenters. The number of nitrogens with one attached hydrogen (secondary N) is 1. The number of aromatic amines is 1. The molecule has 0 radical (unpaired) electrons. The Morgan fingerprint density at radius 2 is 2.14 bits per heavy atom. The molecule has 0 aliphatic carbocycles. The van der Waals surface area contributed by atoms with E-state index >= 15 is 0 Å². The van der Waals surface area contributed by atoms with E-state index < -0.39 is 11.9 Å². The van der Waals surface area contributed by atoms with Crippen molar-refractivity contribution in [2.24, 2.45) is 0 Å². The Kier molecular flexibility index (Phi) is 5.71. The number of aromatic nitrogens is 1. The fourth-order valence-electron chi connectivity index (χ4n) is 2.54. The van der Waals surface area contributed by atoms with Gasteiger partial charge >= 0.3 is 5.97 Å². The number of hydrogen-bond acceptors (Lipinski definition) is 1. The lowest BCUT2D eigenvalue weighted by atomic mass is 9.97. The highest BCUT2D eigenvalue weighted by atomic mass is 79.9. The second kappa shape index (κ2) is 7.32. The zero-order chi connectivity index (χ0) is 15.4. The predicted molar refractivity (Wildman–Crippen MR) is 90.1 cm³/mol. The van der Waals surface area contributed by atoms with Crippen LogP contribution in [0.5, 0.6) is 0 Å². The monoisotopic (exact) mass is 371 g/mol. The van der Waals surface area contributed by atoms with Crippen LogP contribution in [0, 0.1) is 0 Å². The molecule has 0 saturated carbocycles. The maximum atomic E-state index is 11.5. The minimum atomic E-state index is -0.784. The topological polar surface area (TPSA) is 53.1 Å². The molecule has 2 rings (SSSR count). The van der Waals surface area contributed by atoms with Crippen molar-refractivity contribution in [2.75, 3.05) is 0 Å². The SMILES string of the molecule is CCCCCCC(C(=O)O)c1cc2c(Cl)c(Br)ccc2[nH]1. The molecule has 1 aromatic heterocycles. The van der Waals surface area contributed by atoms with Gasteiger partial charge in [0, 0.05) is 21.1 Å². The molecule has 21 heavy (non-hydrogen) atoms. The first-order valence-electron chi connectivity index (χ1n) is 7.24. The molecule has 114 valence electrons. The van der Waals surface area contributed by atoms with E-state index in [1.807, 2.05) is 18.2 Å². The van der Waals surface area contributed by atoms with Crippen LogP contribution in [0.15, 0.2) is 22.7 Å². The minimum Gasteiger partial charge on any atom is -0.481 e. The van der Waals surface area contributed by atoms with E-state index in [0.29, 0.717) is 11.4 Å². The van der Waals surface area contributed by atoms with Crippen molar-refractivity contribution < 1.29 is 9.90 Å². The maximum absolute atomic E-state index is 11.5. The molecule has 1 aromatic carbocycles. The van der Waals surface area contributed by atoms with Crippen molar-refractivity contribution in [3.05, 3.63) is 33.4 Å². The molecular formula is C16H19BrClNO2. The summed E-state index contributed by atoms with van der Waals surface area (Å²) in [6, 6.07) is 5.63. The fraction of sp³-hybridized carbons (Fsp3) is 0.438. The normalized spacial score (nSPS) is 12.7. The lowest BCUT2D eigenvalue weighted by molar-refractivity contribution is -0.139. The molecule has 3 nitrogen and oxygen atoms in total. The van der Waals surface area contributed by atoms with Gasteiger partial charge < -0.3 is 10.1 Å². The number of aliphatic carboxylic acids is 1. The van der Waals surface area contributed by atoms with Gasteiger partial charge in [-0.1, -0.05) is 44.2 Å². The summed E-state index contributed by atoms with van der Waals surface area (Å²) < 4.78 is 0.817. The number of carboxylic acids is 1. The molecule has 2 N–H and O–H groups in total. The molecule has 1 unspecified atom stereocenters. The number of halogens is 2. The molecule has 0 saturated heterocycles. The van der Waals surface area contributed by atoms with Crippen LogP contribution in [0.2, 0.25) is 5.02 Å². The van der Waals surface area contributed by atoms with Gasteiger partial charge in [-0.05, 0) is 40.5 Å². The van der Waals surface area contributed by atoms with Crippen LogP contribution >= 0.6 is 27.5 Å². The Labute approximate surface area is 137 Å². The van der Waals surface area contributed by atoms with Gasteiger partial charge in [-0.15, -0.1) is 0 Å². The highest BCUT2D eigenvalue weighted by Crippen LogP contribution is 2.34. The number of unbranched alkanes of at least 4 members (excludes halogenated alkanes) is 3. The third kappa shape index (κ3) is 3.80. The molecule has 0 spiro atoms. The first-order chi connectivity index (χ1) is 10.0. The van der Waals surface area contributed by atoms with Crippen LogP contribution in [0.3, 0.4) is 0 Å². The third-order valence-electron chi connectivity index (χ3n) is 3.73. The van der Waals surface area contributed by atoms with Crippen LogP contribution in [0.1, 0.15) is 50.6 Å². The van der Waals surface area contributed by atoms with Gasteiger partial charge in [-0.25, -0.2) is 0 Å².